The summed E-state index contributed by atoms with van der Waals surface area (Å²) in [7, 11) is 0. The van der Waals surface area contributed by atoms with E-state index in [9.17, 15) is 9.59 Å². The monoisotopic (exact) mass is 339 g/mol. The van der Waals surface area contributed by atoms with Gasteiger partial charge in [-0.25, -0.2) is 0 Å². The summed E-state index contributed by atoms with van der Waals surface area (Å²) in [6, 6.07) is 0.0606. The summed E-state index contributed by atoms with van der Waals surface area (Å²) in [5, 5.41) is 0. The SMILES string of the molecule is CCCCN(CCCC)C(=O)C(=O)N1C(C)(C)CC(N)CC1(C)C. The average Bonchev–Trinajstić information content (AvgIpc) is 2.43. The third kappa shape index (κ3) is 4.95. The van der Waals surface area contributed by atoms with E-state index < -0.39 is 11.1 Å². The van der Waals surface area contributed by atoms with Crippen molar-refractivity contribution in [3.8, 4) is 0 Å². The van der Waals surface area contributed by atoms with E-state index in [1.165, 1.54) is 0 Å². The van der Waals surface area contributed by atoms with E-state index in [1.54, 1.807) is 9.80 Å². The van der Waals surface area contributed by atoms with Gasteiger partial charge in [-0.2, -0.15) is 0 Å². The van der Waals surface area contributed by atoms with Crippen molar-refractivity contribution in [2.24, 2.45) is 5.73 Å². The highest BCUT2D eigenvalue weighted by atomic mass is 16.2. The molecule has 5 heteroatoms. The maximum Gasteiger partial charge on any atom is 0.312 e. The molecule has 140 valence electrons. The summed E-state index contributed by atoms with van der Waals surface area (Å²) in [4.78, 5) is 29.5. The predicted octanol–water partition coefficient (Wildman–Crippen LogP) is 2.92. The standard InChI is InChI=1S/C19H37N3O2/c1-7-9-11-21(12-10-8-2)16(23)17(24)22-18(3,4)13-15(20)14-19(22,5)6/h15H,7-14,20H2,1-6H3. The molecule has 1 aliphatic rings. The number of hydrogen-bond acceptors (Lipinski definition) is 3. The van der Waals surface area contributed by atoms with Gasteiger partial charge in [0, 0.05) is 30.2 Å². The molecule has 2 N–H and O–H groups in total. The van der Waals surface area contributed by atoms with Crippen LogP contribution in [0.25, 0.3) is 0 Å². The molecule has 5 nitrogen and oxygen atoms in total. The first-order valence-electron chi connectivity index (χ1n) is 9.46. The lowest BCUT2D eigenvalue weighted by molar-refractivity contribution is -0.163. The van der Waals surface area contributed by atoms with E-state index in [2.05, 4.69) is 13.8 Å². The molecular weight excluding hydrogens is 302 g/mol. The molecule has 1 saturated heterocycles. The van der Waals surface area contributed by atoms with Crippen LogP contribution in [0.1, 0.15) is 80.1 Å². The number of carbonyl (C=O) groups is 2. The highest BCUT2D eigenvalue weighted by molar-refractivity contribution is 6.35. The van der Waals surface area contributed by atoms with Gasteiger partial charge in [0.25, 0.3) is 0 Å². The first-order valence-corrected chi connectivity index (χ1v) is 9.46. The Hall–Kier alpha value is -1.10. The Morgan fingerprint density at radius 2 is 1.42 bits per heavy atom. The Morgan fingerprint density at radius 3 is 1.79 bits per heavy atom. The van der Waals surface area contributed by atoms with Crippen LogP contribution in [0.2, 0.25) is 0 Å². The number of rotatable bonds is 6. The summed E-state index contributed by atoms with van der Waals surface area (Å²) in [5.41, 5.74) is 5.37. The van der Waals surface area contributed by atoms with Crippen LogP contribution in [-0.4, -0.2) is 51.8 Å². The number of unbranched alkanes of at least 4 members (excludes halogenated alkanes) is 2. The number of piperidine rings is 1. The van der Waals surface area contributed by atoms with Gasteiger partial charge in [-0.05, 0) is 53.4 Å². The quantitative estimate of drug-likeness (QED) is 0.757. The molecule has 1 heterocycles. The molecule has 0 aromatic carbocycles. The molecule has 0 saturated carbocycles. The van der Waals surface area contributed by atoms with Gasteiger partial charge in [-0.1, -0.05) is 26.7 Å². The summed E-state index contributed by atoms with van der Waals surface area (Å²) in [5.74, 6) is -0.724. The minimum absolute atomic E-state index is 0.0606. The highest BCUT2D eigenvalue weighted by Crippen LogP contribution is 2.38. The van der Waals surface area contributed by atoms with Crippen LogP contribution in [0.5, 0.6) is 0 Å². The fourth-order valence-corrected chi connectivity index (χ4v) is 4.15. The number of hydrogen-bond donors (Lipinski definition) is 1. The van der Waals surface area contributed by atoms with E-state index in [-0.39, 0.29) is 17.9 Å². The van der Waals surface area contributed by atoms with Gasteiger partial charge in [0.1, 0.15) is 0 Å². The van der Waals surface area contributed by atoms with Crippen molar-refractivity contribution in [1.82, 2.24) is 9.80 Å². The van der Waals surface area contributed by atoms with Crippen LogP contribution < -0.4 is 5.73 Å². The van der Waals surface area contributed by atoms with Crippen LogP contribution in [0.3, 0.4) is 0 Å². The smallest absolute Gasteiger partial charge is 0.312 e. The normalized spacial score (nSPS) is 20.0. The number of amides is 2. The molecule has 0 atom stereocenters. The number of nitrogens with two attached hydrogens (primary N) is 1. The second kappa shape index (κ2) is 8.32. The third-order valence-electron chi connectivity index (χ3n) is 4.97. The Bertz CT molecular complexity index is 420. The molecule has 0 aromatic heterocycles. The van der Waals surface area contributed by atoms with Crippen molar-refractivity contribution in [1.29, 1.82) is 0 Å². The van der Waals surface area contributed by atoms with Crippen molar-refractivity contribution < 1.29 is 9.59 Å². The lowest BCUT2D eigenvalue weighted by Gasteiger charge is -2.54. The zero-order valence-electron chi connectivity index (χ0n) is 16.5. The van der Waals surface area contributed by atoms with Crippen LogP contribution in [0, 0.1) is 0 Å². The third-order valence-corrected chi connectivity index (χ3v) is 4.97. The lowest BCUT2D eigenvalue weighted by Crippen LogP contribution is -2.67. The summed E-state index contributed by atoms with van der Waals surface area (Å²) < 4.78 is 0. The molecule has 1 fully saturated rings. The Labute approximate surface area is 147 Å². The van der Waals surface area contributed by atoms with Gasteiger partial charge < -0.3 is 15.5 Å². The Kier molecular flexibility index (Phi) is 7.26. The minimum Gasteiger partial charge on any atom is -0.334 e. The Balaban J connectivity index is 3.00. The fraction of sp³-hybridized carbons (Fsp3) is 0.895. The number of nitrogens with zero attached hydrogens (tertiary/aromatic N) is 2. The lowest BCUT2D eigenvalue weighted by atomic mass is 9.77. The van der Waals surface area contributed by atoms with Crippen molar-refractivity contribution in [3.63, 3.8) is 0 Å². The minimum atomic E-state index is -0.408. The van der Waals surface area contributed by atoms with Crippen molar-refractivity contribution in [2.75, 3.05) is 13.1 Å². The van der Waals surface area contributed by atoms with E-state index in [1.807, 2.05) is 27.7 Å². The maximum atomic E-state index is 13.1. The van der Waals surface area contributed by atoms with Crippen molar-refractivity contribution in [2.45, 2.75) is 97.2 Å². The largest absolute Gasteiger partial charge is 0.334 e. The molecular formula is C19H37N3O2. The van der Waals surface area contributed by atoms with Crippen LogP contribution in [0.15, 0.2) is 0 Å². The molecule has 24 heavy (non-hydrogen) atoms. The van der Waals surface area contributed by atoms with Gasteiger partial charge >= 0.3 is 11.8 Å². The molecule has 0 aromatic rings. The topological polar surface area (TPSA) is 66.6 Å². The highest BCUT2D eigenvalue weighted by Gasteiger charge is 2.49. The number of carbonyl (C=O) groups excluding carboxylic acids is 2. The van der Waals surface area contributed by atoms with Crippen molar-refractivity contribution >= 4 is 11.8 Å². The molecule has 0 unspecified atom stereocenters. The molecule has 1 aliphatic heterocycles. The summed E-state index contributed by atoms with van der Waals surface area (Å²) in [6.45, 7) is 13.6. The molecule has 0 spiro atoms. The van der Waals surface area contributed by atoms with Crippen LogP contribution in [-0.2, 0) is 9.59 Å². The summed E-state index contributed by atoms with van der Waals surface area (Å²) >= 11 is 0. The van der Waals surface area contributed by atoms with E-state index >= 15 is 0 Å². The van der Waals surface area contributed by atoms with E-state index in [0.717, 1.165) is 38.5 Å². The van der Waals surface area contributed by atoms with Crippen LogP contribution in [0.4, 0.5) is 0 Å². The Morgan fingerprint density at radius 1 is 1.00 bits per heavy atom. The van der Waals surface area contributed by atoms with Gasteiger partial charge in [0.05, 0.1) is 0 Å². The molecule has 0 radical (unpaired) electrons. The average molecular weight is 340 g/mol. The van der Waals surface area contributed by atoms with Gasteiger partial charge in [0.2, 0.25) is 0 Å². The predicted molar refractivity (Wildman–Crippen MR) is 98.6 cm³/mol. The fourth-order valence-electron chi connectivity index (χ4n) is 4.15. The van der Waals surface area contributed by atoms with Crippen LogP contribution >= 0.6 is 0 Å². The molecule has 0 aliphatic carbocycles. The van der Waals surface area contributed by atoms with E-state index in [4.69, 9.17) is 5.73 Å². The van der Waals surface area contributed by atoms with Gasteiger partial charge in [-0.15, -0.1) is 0 Å². The number of likely N-dealkylation sites (tertiary alicyclic amines) is 1. The second-order valence-corrected chi connectivity index (χ2v) is 8.43. The first-order chi connectivity index (χ1) is 11.1. The van der Waals surface area contributed by atoms with Crippen molar-refractivity contribution in [3.05, 3.63) is 0 Å². The zero-order valence-corrected chi connectivity index (χ0v) is 16.5. The van der Waals surface area contributed by atoms with E-state index in [0.29, 0.717) is 13.1 Å². The molecule has 0 bridgehead atoms. The van der Waals surface area contributed by atoms with Gasteiger partial charge in [-0.3, -0.25) is 9.59 Å². The maximum absolute atomic E-state index is 13.1. The summed E-state index contributed by atoms with van der Waals surface area (Å²) in [6.07, 6.45) is 5.33. The molecule has 2 amide bonds. The van der Waals surface area contributed by atoms with Gasteiger partial charge in [0.15, 0.2) is 0 Å². The first kappa shape index (κ1) is 20.9. The molecule has 1 rings (SSSR count). The second-order valence-electron chi connectivity index (χ2n) is 8.43. The zero-order chi connectivity index (χ0) is 18.5.